The molecule has 5 heteroatoms. The highest BCUT2D eigenvalue weighted by Gasteiger charge is 2.29. The molecular formula is C12H15ClN2O2. The van der Waals surface area contributed by atoms with Gasteiger partial charge in [-0.3, -0.25) is 4.79 Å². The molecule has 1 aromatic carbocycles. The van der Waals surface area contributed by atoms with Gasteiger partial charge in [0.15, 0.2) is 0 Å². The Kier molecular flexibility index (Phi) is 3.99. The molecule has 1 heterocycles. The first-order valence-electron chi connectivity index (χ1n) is 5.51. The van der Waals surface area contributed by atoms with E-state index in [4.69, 9.17) is 16.3 Å². The van der Waals surface area contributed by atoms with E-state index in [1.807, 2.05) is 6.07 Å². The van der Waals surface area contributed by atoms with Crippen LogP contribution in [-0.4, -0.2) is 31.7 Å². The highest BCUT2D eigenvalue weighted by Crippen LogP contribution is 2.16. The summed E-state index contributed by atoms with van der Waals surface area (Å²) in [4.78, 5) is 11.9. The van der Waals surface area contributed by atoms with E-state index in [0.29, 0.717) is 23.7 Å². The van der Waals surface area contributed by atoms with Crippen molar-refractivity contribution in [2.75, 3.05) is 19.0 Å². The van der Waals surface area contributed by atoms with Crippen molar-refractivity contribution in [2.24, 2.45) is 0 Å². The van der Waals surface area contributed by atoms with Gasteiger partial charge in [-0.15, -0.1) is 0 Å². The Bertz CT molecular complexity index is 411. The number of benzene rings is 1. The molecule has 4 nitrogen and oxygen atoms in total. The Morgan fingerprint density at radius 1 is 1.59 bits per heavy atom. The van der Waals surface area contributed by atoms with Gasteiger partial charge in [-0.2, -0.15) is 0 Å². The number of hydrogen-bond acceptors (Lipinski definition) is 3. The number of anilines is 1. The summed E-state index contributed by atoms with van der Waals surface area (Å²) in [6, 6.07) is 6.91. The largest absolute Gasteiger partial charge is 0.380 e. The van der Waals surface area contributed by atoms with E-state index in [1.165, 1.54) is 0 Å². The summed E-state index contributed by atoms with van der Waals surface area (Å²) in [7, 11) is 1.66. The molecule has 92 valence electrons. The Morgan fingerprint density at radius 2 is 2.41 bits per heavy atom. The number of carbonyl (C=O) groups is 1. The molecule has 17 heavy (non-hydrogen) atoms. The highest BCUT2D eigenvalue weighted by molar-refractivity contribution is 6.30. The molecule has 1 aromatic rings. The molecule has 0 saturated carbocycles. The van der Waals surface area contributed by atoms with Crippen LogP contribution in [0, 0.1) is 0 Å². The second-order valence-electron chi connectivity index (χ2n) is 4.05. The number of amides is 1. The summed E-state index contributed by atoms with van der Waals surface area (Å²) in [6.07, 6.45) is 0.813. The summed E-state index contributed by atoms with van der Waals surface area (Å²) in [5, 5.41) is 6.56. The van der Waals surface area contributed by atoms with Crippen molar-refractivity contribution < 1.29 is 9.53 Å². The molecule has 1 saturated heterocycles. The second kappa shape index (κ2) is 5.49. The van der Waals surface area contributed by atoms with Crippen LogP contribution in [0.15, 0.2) is 24.3 Å². The molecule has 2 N–H and O–H groups in total. The number of hydrogen-bond donors (Lipinski definition) is 2. The molecule has 2 atom stereocenters. The minimum Gasteiger partial charge on any atom is -0.380 e. The number of carbonyl (C=O) groups excluding carboxylic acids is 1. The fraction of sp³-hybridized carbons (Fsp3) is 0.417. The third-order valence-electron chi connectivity index (χ3n) is 2.83. The fourth-order valence-corrected chi connectivity index (χ4v) is 2.07. The maximum absolute atomic E-state index is 11.9. The number of rotatable bonds is 3. The standard InChI is InChI=1S/C12H15ClN2O2/c1-17-10-6-11(14-7-10)12(16)15-9-4-2-3-8(13)5-9/h2-5,10-11,14H,6-7H2,1H3,(H,15,16). The quantitative estimate of drug-likeness (QED) is 0.863. The van der Waals surface area contributed by atoms with Gasteiger partial charge in [0.2, 0.25) is 5.91 Å². The predicted octanol–water partition coefficient (Wildman–Crippen LogP) is 1.66. The first-order chi connectivity index (χ1) is 8.19. The maximum Gasteiger partial charge on any atom is 0.241 e. The molecule has 0 aliphatic carbocycles. The van der Waals surface area contributed by atoms with Crippen LogP contribution in [0.3, 0.4) is 0 Å². The molecule has 1 aliphatic rings. The first-order valence-corrected chi connectivity index (χ1v) is 5.89. The number of ether oxygens (including phenoxy) is 1. The van der Waals surface area contributed by atoms with E-state index in [9.17, 15) is 4.79 Å². The zero-order chi connectivity index (χ0) is 12.3. The van der Waals surface area contributed by atoms with Crippen molar-refractivity contribution >= 4 is 23.2 Å². The van der Waals surface area contributed by atoms with E-state index >= 15 is 0 Å². The Hall–Kier alpha value is -1.10. The Balaban J connectivity index is 1.93. The maximum atomic E-state index is 11.9. The van der Waals surface area contributed by atoms with E-state index in [-0.39, 0.29) is 18.1 Å². The molecule has 0 spiro atoms. The second-order valence-corrected chi connectivity index (χ2v) is 4.49. The van der Waals surface area contributed by atoms with E-state index < -0.39 is 0 Å². The molecule has 1 aliphatic heterocycles. The summed E-state index contributed by atoms with van der Waals surface area (Å²) in [5.41, 5.74) is 0.713. The van der Waals surface area contributed by atoms with E-state index in [1.54, 1.807) is 25.3 Å². The molecule has 2 unspecified atom stereocenters. The van der Waals surface area contributed by atoms with Crippen LogP contribution >= 0.6 is 11.6 Å². The smallest absolute Gasteiger partial charge is 0.241 e. The first kappa shape index (κ1) is 12.4. The molecule has 2 rings (SSSR count). The molecule has 0 aromatic heterocycles. The Morgan fingerprint density at radius 3 is 3.06 bits per heavy atom. The normalized spacial score (nSPS) is 23.6. The SMILES string of the molecule is COC1CNC(C(=O)Nc2cccc(Cl)c2)C1. The zero-order valence-electron chi connectivity index (χ0n) is 9.57. The van der Waals surface area contributed by atoms with Crippen LogP contribution in [-0.2, 0) is 9.53 Å². The minimum atomic E-state index is -0.195. The van der Waals surface area contributed by atoms with Crippen LogP contribution in [0.25, 0.3) is 0 Å². The lowest BCUT2D eigenvalue weighted by Crippen LogP contribution is -2.35. The average Bonchev–Trinajstić information content (AvgIpc) is 2.77. The van der Waals surface area contributed by atoms with Crippen molar-refractivity contribution in [2.45, 2.75) is 18.6 Å². The van der Waals surface area contributed by atoms with E-state index in [0.717, 1.165) is 0 Å². The topological polar surface area (TPSA) is 50.4 Å². The van der Waals surface area contributed by atoms with Crippen LogP contribution in [0.1, 0.15) is 6.42 Å². The lowest BCUT2D eigenvalue weighted by atomic mass is 10.2. The summed E-state index contributed by atoms with van der Waals surface area (Å²) in [6.45, 7) is 0.712. The van der Waals surface area contributed by atoms with Gasteiger partial charge in [0, 0.05) is 24.4 Å². The van der Waals surface area contributed by atoms with Crippen LogP contribution in [0.2, 0.25) is 5.02 Å². The fourth-order valence-electron chi connectivity index (χ4n) is 1.88. The van der Waals surface area contributed by atoms with E-state index in [2.05, 4.69) is 10.6 Å². The van der Waals surface area contributed by atoms with Gasteiger partial charge in [0.25, 0.3) is 0 Å². The molecule has 0 radical (unpaired) electrons. The number of nitrogens with one attached hydrogen (secondary N) is 2. The van der Waals surface area contributed by atoms with Gasteiger partial charge in [0.1, 0.15) is 0 Å². The molecule has 0 bridgehead atoms. The van der Waals surface area contributed by atoms with Crippen molar-refractivity contribution in [1.82, 2.24) is 5.32 Å². The summed E-state index contributed by atoms with van der Waals surface area (Å²) < 4.78 is 5.20. The van der Waals surface area contributed by atoms with Crippen molar-refractivity contribution in [3.05, 3.63) is 29.3 Å². The molecule has 1 amide bonds. The van der Waals surface area contributed by atoms with Crippen LogP contribution in [0.5, 0.6) is 0 Å². The summed E-state index contributed by atoms with van der Waals surface area (Å²) in [5.74, 6) is -0.0492. The van der Waals surface area contributed by atoms with Crippen LogP contribution in [0.4, 0.5) is 5.69 Å². The third-order valence-corrected chi connectivity index (χ3v) is 3.07. The van der Waals surface area contributed by atoms with Gasteiger partial charge in [-0.1, -0.05) is 17.7 Å². The molecule has 1 fully saturated rings. The lowest BCUT2D eigenvalue weighted by Gasteiger charge is -2.11. The van der Waals surface area contributed by atoms with Gasteiger partial charge in [-0.05, 0) is 24.6 Å². The minimum absolute atomic E-state index is 0.0492. The number of methoxy groups -OCH3 is 1. The van der Waals surface area contributed by atoms with Crippen molar-refractivity contribution in [3.8, 4) is 0 Å². The lowest BCUT2D eigenvalue weighted by molar-refractivity contribution is -0.118. The number of halogens is 1. The highest BCUT2D eigenvalue weighted by atomic mass is 35.5. The van der Waals surface area contributed by atoms with Gasteiger partial charge >= 0.3 is 0 Å². The Labute approximate surface area is 105 Å². The van der Waals surface area contributed by atoms with Gasteiger partial charge in [-0.25, -0.2) is 0 Å². The third kappa shape index (κ3) is 3.19. The summed E-state index contributed by atoms with van der Waals surface area (Å²) >= 11 is 5.85. The molecular weight excluding hydrogens is 240 g/mol. The van der Waals surface area contributed by atoms with Crippen molar-refractivity contribution in [3.63, 3.8) is 0 Å². The average molecular weight is 255 g/mol. The zero-order valence-corrected chi connectivity index (χ0v) is 10.3. The van der Waals surface area contributed by atoms with Crippen LogP contribution < -0.4 is 10.6 Å². The monoisotopic (exact) mass is 254 g/mol. The van der Waals surface area contributed by atoms with Crippen molar-refractivity contribution in [1.29, 1.82) is 0 Å². The van der Waals surface area contributed by atoms with Gasteiger partial charge in [0.05, 0.1) is 12.1 Å². The van der Waals surface area contributed by atoms with Gasteiger partial charge < -0.3 is 15.4 Å². The predicted molar refractivity (Wildman–Crippen MR) is 67.3 cm³/mol.